The molecule has 0 aromatic heterocycles. The van der Waals surface area contributed by atoms with Gasteiger partial charge in [-0.05, 0) is 31.5 Å². The summed E-state index contributed by atoms with van der Waals surface area (Å²) in [6.07, 6.45) is 0. The molecule has 0 saturated carbocycles. The molecule has 3 nitrogen and oxygen atoms in total. The Labute approximate surface area is 84.8 Å². The van der Waals surface area contributed by atoms with Crippen LogP contribution in [-0.2, 0) is 0 Å². The van der Waals surface area contributed by atoms with Gasteiger partial charge in [-0.25, -0.2) is 0 Å². The highest BCUT2D eigenvalue weighted by Gasteiger charge is 2.04. The van der Waals surface area contributed by atoms with Gasteiger partial charge in [-0.2, -0.15) is 0 Å². The Kier molecular flexibility index (Phi) is 3.77. The molecule has 0 aliphatic heterocycles. The van der Waals surface area contributed by atoms with Crippen LogP contribution in [0.25, 0.3) is 0 Å². The van der Waals surface area contributed by atoms with Crippen molar-refractivity contribution >= 4 is 0 Å². The predicted octanol–water partition coefficient (Wildman–Crippen LogP) is 1.73. The van der Waals surface area contributed by atoms with Crippen LogP contribution in [0.15, 0.2) is 18.2 Å². The summed E-state index contributed by atoms with van der Waals surface area (Å²) < 4.78 is 10.7. The molecule has 0 aliphatic carbocycles. The molecule has 78 valence electrons. The lowest BCUT2D eigenvalue weighted by atomic mass is 10.2. The van der Waals surface area contributed by atoms with Crippen molar-refractivity contribution in [3.8, 4) is 11.5 Å². The minimum absolute atomic E-state index is 0.0287. The lowest BCUT2D eigenvalue weighted by Crippen LogP contribution is -2.23. The maximum atomic E-state index is 5.60. The molecular formula is C11H17NO2. The van der Waals surface area contributed by atoms with E-state index in [0.717, 1.165) is 17.1 Å². The number of methoxy groups -OCH3 is 1. The predicted molar refractivity (Wildman–Crippen MR) is 56.9 cm³/mol. The van der Waals surface area contributed by atoms with Gasteiger partial charge >= 0.3 is 0 Å². The van der Waals surface area contributed by atoms with Crippen molar-refractivity contribution in [2.45, 2.75) is 19.9 Å². The molecule has 0 radical (unpaired) electrons. The van der Waals surface area contributed by atoms with Gasteiger partial charge in [0.15, 0.2) is 11.5 Å². The zero-order chi connectivity index (χ0) is 10.6. The highest BCUT2D eigenvalue weighted by atomic mass is 16.5. The van der Waals surface area contributed by atoms with Gasteiger partial charge in [0.05, 0.1) is 7.11 Å². The highest BCUT2D eigenvalue weighted by Crippen LogP contribution is 2.27. The first-order valence-corrected chi connectivity index (χ1v) is 4.66. The van der Waals surface area contributed by atoms with Crippen molar-refractivity contribution in [3.05, 3.63) is 23.8 Å². The summed E-state index contributed by atoms with van der Waals surface area (Å²) in [5.74, 6) is 1.50. The fourth-order valence-electron chi connectivity index (χ4n) is 1.12. The molecule has 0 spiro atoms. The molecule has 0 aliphatic rings. The van der Waals surface area contributed by atoms with Gasteiger partial charge in [0, 0.05) is 6.04 Å². The van der Waals surface area contributed by atoms with Gasteiger partial charge in [-0.1, -0.05) is 6.07 Å². The van der Waals surface area contributed by atoms with E-state index in [0.29, 0.717) is 6.61 Å². The maximum absolute atomic E-state index is 5.60. The minimum Gasteiger partial charge on any atom is -0.493 e. The van der Waals surface area contributed by atoms with E-state index in [1.807, 2.05) is 32.0 Å². The Morgan fingerprint density at radius 2 is 2.07 bits per heavy atom. The molecule has 0 bridgehead atoms. The third kappa shape index (κ3) is 2.92. The number of hydrogen-bond acceptors (Lipinski definition) is 3. The molecule has 0 heterocycles. The lowest BCUT2D eigenvalue weighted by Gasteiger charge is -2.12. The second-order valence-corrected chi connectivity index (χ2v) is 3.44. The van der Waals surface area contributed by atoms with E-state index in [-0.39, 0.29) is 6.04 Å². The number of benzene rings is 1. The molecule has 1 unspecified atom stereocenters. The third-order valence-electron chi connectivity index (χ3n) is 1.82. The van der Waals surface area contributed by atoms with Gasteiger partial charge < -0.3 is 15.2 Å². The van der Waals surface area contributed by atoms with Gasteiger partial charge in [0.2, 0.25) is 0 Å². The Balaban J connectivity index is 2.75. The molecule has 0 saturated heterocycles. The number of hydrogen-bond donors (Lipinski definition) is 1. The summed E-state index contributed by atoms with van der Waals surface area (Å²) in [7, 11) is 1.63. The Bertz CT molecular complexity index is 297. The summed E-state index contributed by atoms with van der Waals surface area (Å²) in [4.78, 5) is 0. The fraction of sp³-hybridized carbons (Fsp3) is 0.455. The second-order valence-electron chi connectivity index (χ2n) is 3.44. The SMILES string of the molecule is COc1cc(C)ccc1OCC(C)N. The van der Waals surface area contributed by atoms with Crippen LogP contribution in [0.4, 0.5) is 0 Å². The largest absolute Gasteiger partial charge is 0.493 e. The van der Waals surface area contributed by atoms with Crippen LogP contribution in [0.3, 0.4) is 0 Å². The first-order valence-electron chi connectivity index (χ1n) is 4.66. The van der Waals surface area contributed by atoms with Crippen molar-refractivity contribution in [3.63, 3.8) is 0 Å². The van der Waals surface area contributed by atoms with Crippen LogP contribution >= 0.6 is 0 Å². The summed E-state index contributed by atoms with van der Waals surface area (Å²) in [6.45, 7) is 4.41. The number of aryl methyl sites for hydroxylation is 1. The van der Waals surface area contributed by atoms with Crippen molar-refractivity contribution in [1.82, 2.24) is 0 Å². The van der Waals surface area contributed by atoms with Crippen molar-refractivity contribution in [2.75, 3.05) is 13.7 Å². The van der Waals surface area contributed by atoms with Gasteiger partial charge in [0.1, 0.15) is 6.61 Å². The molecular weight excluding hydrogens is 178 g/mol. The first-order chi connectivity index (χ1) is 6.63. The Morgan fingerprint density at radius 3 is 2.64 bits per heavy atom. The summed E-state index contributed by atoms with van der Waals surface area (Å²) in [6, 6.07) is 5.85. The van der Waals surface area contributed by atoms with Crippen LogP contribution in [0.1, 0.15) is 12.5 Å². The standard InChI is InChI=1S/C11H17NO2/c1-8-4-5-10(11(6-8)13-3)14-7-9(2)12/h4-6,9H,7,12H2,1-3H3. The second kappa shape index (κ2) is 4.86. The number of rotatable bonds is 4. The normalized spacial score (nSPS) is 12.3. The lowest BCUT2D eigenvalue weighted by molar-refractivity contribution is 0.278. The van der Waals surface area contributed by atoms with E-state index in [1.165, 1.54) is 0 Å². The number of nitrogens with two attached hydrogens (primary N) is 1. The number of ether oxygens (including phenoxy) is 2. The Hall–Kier alpha value is -1.22. The van der Waals surface area contributed by atoms with Crippen LogP contribution in [-0.4, -0.2) is 19.8 Å². The van der Waals surface area contributed by atoms with Gasteiger partial charge in [-0.15, -0.1) is 0 Å². The fourth-order valence-corrected chi connectivity index (χ4v) is 1.12. The van der Waals surface area contributed by atoms with E-state index in [4.69, 9.17) is 15.2 Å². The van der Waals surface area contributed by atoms with Gasteiger partial charge in [0.25, 0.3) is 0 Å². The van der Waals surface area contributed by atoms with Crippen LogP contribution in [0.2, 0.25) is 0 Å². The quantitative estimate of drug-likeness (QED) is 0.795. The van der Waals surface area contributed by atoms with E-state index < -0.39 is 0 Å². The van der Waals surface area contributed by atoms with Crippen LogP contribution < -0.4 is 15.2 Å². The average Bonchev–Trinajstić information content (AvgIpc) is 2.15. The van der Waals surface area contributed by atoms with Crippen molar-refractivity contribution < 1.29 is 9.47 Å². The molecule has 3 heteroatoms. The molecule has 1 aromatic rings. The van der Waals surface area contributed by atoms with Gasteiger partial charge in [-0.3, -0.25) is 0 Å². The molecule has 1 atom stereocenters. The van der Waals surface area contributed by atoms with E-state index in [9.17, 15) is 0 Å². The average molecular weight is 195 g/mol. The molecule has 14 heavy (non-hydrogen) atoms. The summed E-state index contributed by atoms with van der Waals surface area (Å²) in [5.41, 5.74) is 6.74. The molecule has 0 fully saturated rings. The topological polar surface area (TPSA) is 44.5 Å². The minimum atomic E-state index is 0.0287. The summed E-state index contributed by atoms with van der Waals surface area (Å²) in [5, 5.41) is 0. The zero-order valence-electron chi connectivity index (χ0n) is 8.91. The molecule has 1 rings (SSSR count). The monoisotopic (exact) mass is 195 g/mol. The zero-order valence-corrected chi connectivity index (χ0v) is 8.91. The first kappa shape index (κ1) is 10.9. The Morgan fingerprint density at radius 1 is 1.36 bits per heavy atom. The maximum Gasteiger partial charge on any atom is 0.161 e. The van der Waals surface area contributed by atoms with Crippen molar-refractivity contribution in [1.29, 1.82) is 0 Å². The van der Waals surface area contributed by atoms with E-state index in [1.54, 1.807) is 7.11 Å². The van der Waals surface area contributed by atoms with Crippen molar-refractivity contribution in [2.24, 2.45) is 5.73 Å². The van der Waals surface area contributed by atoms with Crippen LogP contribution in [0, 0.1) is 6.92 Å². The van der Waals surface area contributed by atoms with E-state index >= 15 is 0 Å². The van der Waals surface area contributed by atoms with Crippen LogP contribution in [0.5, 0.6) is 11.5 Å². The molecule has 1 aromatic carbocycles. The summed E-state index contributed by atoms with van der Waals surface area (Å²) >= 11 is 0. The smallest absolute Gasteiger partial charge is 0.161 e. The molecule has 2 N–H and O–H groups in total. The highest BCUT2D eigenvalue weighted by molar-refractivity contribution is 5.42. The van der Waals surface area contributed by atoms with E-state index in [2.05, 4.69) is 0 Å². The third-order valence-corrected chi connectivity index (χ3v) is 1.82. The molecule has 0 amide bonds.